The summed E-state index contributed by atoms with van der Waals surface area (Å²) in [5.41, 5.74) is 2.49. The van der Waals surface area contributed by atoms with Gasteiger partial charge in [-0.3, -0.25) is 9.59 Å². The lowest BCUT2D eigenvalue weighted by Crippen LogP contribution is -2.38. The third-order valence-electron chi connectivity index (χ3n) is 4.33. The Morgan fingerprint density at radius 1 is 1.29 bits per heavy atom. The number of carbonyl (C=O) groups is 2. The molecule has 1 aliphatic rings. The molecule has 24 heavy (non-hydrogen) atoms. The molecule has 1 aromatic carbocycles. The van der Waals surface area contributed by atoms with Gasteiger partial charge in [0.15, 0.2) is 0 Å². The molecule has 0 aliphatic heterocycles. The molecule has 6 nitrogen and oxygen atoms in total. The monoisotopic (exact) mass is 327 g/mol. The Hall–Kier alpha value is -2.63. The van der Waals surface area contributed by atoms with Crippen LogP contribution in [0.5, 0.6) is 0 Å². The van der Waals surface area contributed by atoms with E-state index in [0.29, 0.717) is 5.56 Å². The molecule has 1 saturated carbocycles. The number of carbonyl (C=O) groups excluding carboxylic acids is 1. The molecule has 2 aromatic rings. The van der Waals surface area contributed by atoms with E-state index in [0.717, 1.165) is 24.2 Å². The highest BCUT2D eigenvalue weighted by molar-refractivity contribution is 5.95. The quantitative estimate of drug-likeness (QED) is 0.884. The Morgan fingerprint density at radius 2 is 1.96 bits per heavy atom. The van der Waals surface area contributed by atoms with Crippen LogP contribution in [0.2, 0.25) is 0 Å². The molecule has 0 radical (unpaired) electrons. The van der Waals surface area contributed by atoms with Crippen LogP contribution in [0, 0.1) is 12.8 Å². The first-order chi connectivity index (χ1) is 11.5. The lowest BCUT2D eigenvalue weighted by Gasteiger charge is -2.24. The van der Waals surface area contributed by atoms with E-state index in [1.807, 2.05) is 25.1 Å². The third kappa shape index (κ3) is 3.32. The van der Waals surface area contributed by atoms with Gasteiger partial charge in [-0.05, 0) is 50.1 Å². The fraction of sp³-hybridized carbons (Fsp3) is 0.389. The summed E-state index contributed by atoms with van der Waals surface area (Å²) in [6.45, 7) is 3.85. The molecule has 126 valence electrons. The van der Waals surface area contributed by atoms with Crippen molar-refractivity contribution in [2.75, 3.05) is 6.54 Å². The molecule has 1 N–H and O–H groups in total. The standard InChI is InChI=1S/C18H21N3O3/c1-12(18(23)24)11-20(15-7-8-15)17(22)14-3-5-16(6-4-14)21-13(2)9-10-19-21/h3-6,9-10,12,15H,7-8,11H2,1-2H3,(H,23,24). The third-order valence-corrected chi connectivity index (χ3v) is 4.33. The maximum atomic E-state index is 12.8. The van der Waals surface area contributed by atoms with E-state index < -0.39 is 11.9 Å². The van der Waals surface area contributed by atoms with Crippen LogP contribution in [0.1, 0.15) is 35.8 Å². The second-order valence-corrected chi connectivity index (χ2v) is 6.36. The first kappa shape index (κ1) is 16.2. The number of aryl methyl sites for hydroxylation is 1. The average molecular weight is 327 g/mol. The van der Waals surface area contributed by atoms with E-state index in [2.05, 4.69) is 5.10 Å². The van der Waals surface area contributed by atoms with Crippen molar-refractivity contribution in [2.45, 2.75) is 32.7 Å². The highest BCUT2D eigenvalue weighted by Gasteiger charge is 2.34. The number of carboxylic acid groups (broad SMARTS) is 1. The van der Waals surface area contributed by atoms with Crippen LogP contribution < -0.4 is 0 Å². The number of carboxylic acids is 1. The molecule has 1 unspecified atom stereocenters. The van der Waals surface area contributed by atoms with E-state index in [1.54, 1.807) is 34.8 Å². The molecule has 1 aliphatic carbocycles. The van der Waals surface area contributed by atoms with Crippen molar-refractivity contribution < 1.29 is 14.7 Å². The van der Waals surface area contributed by atoms with Crippen LogP contribution in [0.4, 0.5) is 0 Å². The zero-order valence-corrected chi connectivity index (χ0v) is 13.8. The zero-order chi connectivity index (χ0) is 17.3. The van der Waals surface area contributed by atoms with Gasteiger partial charge < -0.3 is 10.0 Å². The summed E-state index contributed by atoms with van der Waals surface area (Å²) in [4.78, 5) is 25.6. The first-order valence-electron chi connectivity index (χ1n) is 8.12. The van der Waals surface area contributed by atoms with Gasteiger partial charge in [0.1, 0.15) is 0 Å². The zero-order valence-electron chi connectivity index (χ0n) is 13.8. The average Bonchev–Trinajstić information content (AvgIpc) is 3.32. The van der Waals surface area contributed by atoms with Crippen LogP contribution in [-0.4, -0.2) is 44.3 Å². The van der Waals surface area contributed by atoms with Gasteiger partial charge in [-0.15, -0.1) is 0 Å². The number of benzene rings is 1. The van der Waals surface area contributed by atoms with Crippen molar-refractivity contribution in [1.29, 1.82) is 0 Å². The van der Waals surface area contributed by atoms with Crippen LogP contribution in [-0.2, 0) is 4.79 Å². The smallest absolute Gasteiger partial charge is 0.308 e. The van der Waals surface area contributed by atoms with Gasteiger partial charge in [-0.25, -0.2) is 4.68 Å². The summed E-state index contributed by atoms with van der Waals surface area (Å²) in [5, 5.41) is 13.4. The van der Waals surface area contributed by atoms with Gasteiger partial charge in [0.05, 0.1) is 11.6 Å². The van der Waals surface area contributed by atoms with Crippen molar-refractivity contribution >= 4 is 11.9 Å². The highest BCUT2D eigenvalue weighted by Crippen LogP contribution is 2.29. The number of hydrogen-bond donors (Lipinski definition) is 1. The van der Waals surface area contributed by atoms with E-state index in [-0.39, 0.29) is 18.5 Å². The van der Waals surface area contributed by atoms with Crippen LogP contribution in [0.15, 0.2) is 36.5 Å². The fourth-order valence-electron chi connectivity index (χ4n) is 2.71. The van der Waals surface area contributed by atoms with Crippen LogP contribution in [0.3, 0.4) is 0 Å². The summed E-state index contributed by atoms with van der Waals surface area (Å²) in [5.74, 6) is -1.55. The second-order valence-electron chi connectivity index (χ2n) is 6.36. The van der Waals surface area contributed by atoms with Gasteiger partial charge in [0.25, 0.3) is 5.91 Å². The molecule has 0 saturated heterocycles. The van der Waals surface area contributed by atoms with Crippen LogP contribution >= 0.6 is 0 Å². The summed E-state index contributed by atoms with van der Waals surface area (Å²) >= 11 is 0. The van der Waals surface area contributed by atoms with Gasteiger partial charge in [-0.2, -0.15) is 5.10 Å². The molecule has 6 heteroatoms. The Morgan fingerprint density at radius 3 is 2.46 bits per heavy atom. The molecule has 1 amide bonds. The molecule has 1 fully saturated rings. The van der Waals surface area contributed by atoms with Crippen molar-refractivity contribution in [1.82, 2.24) is 14.7 Å². The maximum Gasteiger partial charge on any atom is 0.308 e. The second kappa shape index (κ2) is 6.47. The molecule has 0 spiro atoms. The number of amides is 1. The Kier molecular flexibility index (Phi) is 4.38. The minimum atomic E-state index is -0.877. The van der Waals surface area contributed by atoms with Gasteiger partial charge in [0.2, 0.25) is 0 Å². The van der Waals surface area contributed by atoms with Gasteiger partial charge in [-0.1, -0.05) is 6.92 Å². The van der Waals surface area contributed by atoms with E-state index >= 15 is 0 Å². The Balaban J connectivity index is 1.78. The number of hydrogen-bond acceptors (Lipinski definition) is 3. The lowest BCUT2D eigenvalue weighted by atomic mass is 10.1. The Labute approximate surface area is 140 Å². The molecule has 1 atom stereocenters. The maximum absolute atomic E-state index is 12.8. The largest absolute Gasteiger partial charge is 0.481 e. The summed E-state index contributed by atoms with van der Waals surface area (Å²) < 4.78 is 1.80. The number of aliphatic carboxylic acids is 1. The predicted molar refractivity (Wildman–Crippen MR) is 89.2 cm³/mol. The van der Waals surface area contributed by atoms with Crippen molar-refractivity contribution in [3.8, 4) is 5.69 Å². The molecular formula is C18H21N3O3. The fourth-order valence-corrected chi connectivity index (χ4v) is 2.71. The summed E-state index contributed by atoms with van der Waals surface area (Å²) in [7, 11) is 0. The number of aromatic nitrogens is 2. The topological polar surface area (TPSA) is 75.4 Å². The molecule has 1 aromatic heterocycles. The highest BCUT2D eigenvalue weighted by atomic mass is 16.4. The lowest BCUT2D eigenvalue weighted by molar-refractivity contribution is -0.141. The van der Waals surface area contributed by atoms with Gasteiger partial charge in [0, 0.05) is 30.0 Å². The van der Waals surface area contributed by atoms with Crippen molar-refractivity contribution in [3.05, 3.63) is 47.8 Å². The number of rotatable bonds is 6. The van der Waals surface area contributed by atoms with Crippen LogP contribution in [0.25, 0.3) is 5.69 Å². The minimum absolute atomic E-state index is 0.102. The summed E-state index contributed by atoms with van der Waals surface area (Å²) in [6, 6.07) is 9.37. The normalized spacial score (nSPS) is 15.1. The van der Waals surface area contributed by atoms with Gasteiger partial charge >= 0.3 is 5.97 Å². The molecular weight excluding hydrogens is 306 g/mol. The predicted octanol–water partition coefficient (Wildman–Crippen LogP) is 2.51. The minimum Gasteiger partial charge on any atom is -0.481 e. The van der Waals surface area contributed by atoms with Crippen molar-refractivity contribution in [3.63, 3.8) is 0 Å². The van der Waals surface area contributed by atoms with E-state index in [1.165, 1.54) is 0 Å². The molecule has 1 heterocycles. The Bertz CT molecular complexity index is 747. The van der Waals surface area contributed by atoms with E-state index in [4.69, 9.17) is 5.11 Å². The molecule has 3 rings (SSSR count). The molecule has 0 bridgehead atoms. The van der Waals surface area contributed by atoms with E-state index in [9.17, 15) is 9.59 Å². The number of nitrogens with zero attached hydrogens (tertiary/aromatic N) is 3. The van der Waals surface area contributed by atoms with Crippen molar-refractivity contribution in [2.24, 2.45) is 5.92 Å². The first-order valence-corrected chi connectivity index (χ1v) is 8.12. The summed E-state index contributed by atoms with van der Waals surface area (Å²) in [6.07, 6.45) is 3.63. The SMILES string of the molecule is Cc1ccnn1-c1ccc(C(=O)N(CC(C)C(=O)O)C2CC2)cc1.